The maximum Gasteiger partial charge on any atom is 0.272 e. The van der Waals surface area contributed by atoms with Crippen molar-refractivity contribution in [3.63, 3.8) is 0 Å². The first-order chi connectivity index (χ1) is 23.9. The Bertz CT molecular complexity index is 1950. The Morgan fingerprint density at radius 2 is 1.37 bits per heavy atom. The van der Waals surface area contributed by atoms with Crippen LogP contribution in [0.4, 0.5) is 11.4 Å². The summed E-state index contributed by atoms with van der Waals surface area (Å²) in [5.41, 5.74) is 2.75. The number of benzene rings is 5. The van der Waals surface area contributed by atoms with Gasteiger partial charge in [0.25, 0.3) is 11.8 Å². The lowest BCUT2D eigenvalue weighted by Crippen LogP contribution is -2.30. The minimum absolute atomic E-state index is 0.0187. The number of amides is 3. The van der Waals surface area contributed by atoms with Gasteiger partial charge < -0.3 is 30.2 Å². The molecule has 0 aromatic heterocycles. The van der Waals surface area contributed by atoms with Gasteiger partial charge in [0.1, 0.15) is 28.2 Å². The van der Waals surface area contributed by atoms with Gasteiger partial charge in [-0.05, 0) is 60.2 Å². The second-order valence-corrected chi connectivity index (χ2v) is 11.7. The van der Waals surface area contributed by atoms with E-state index in [9.17, 15) is 14.4 Å². The molecule has 9 nitrogen and oxygen atoms in total. The van der Waals surface area contributed by atoms with Crippen LogP contribution in [0.1, 0.15) is 26.7 Å². The summed E-state index contributed by atoms with van der Waals surface area (Å²) in [6.45, 7) is 0. The van der Waals surface area contributed by atoms with E-state index in [0.29, 0.717) is 39.8 Å². The third kappa shape index (κ3) is 9.09. The molecule has 5 rings (SSSR count). The number of methoxy groups -OCH3 is 3. The van der Waals surface area contributed by atoms with E-state index in [1.54, 1.807) is 86.0 Å². The average Bonchev–Trinajstić information content (AvgIpc) is 3.14. The van der Waals surface area contributed by atoms with Gasteiger partial charge in [0.05, 0.1) is 27.0 Å². The molecule has 0 aliphatic carbocycles. The molecular formula is C39H35N3O6S. The van der Waals surface area contributed by atoms with Crippen LogP contribution >= 0.6 is 11.8 Å². The number of nitrogens with one attached hydrogen (secondary N) is 3. The Morgan fingerprint density at radius 3 is 2.08 bits per heavy atom. The number of para-hydroxylation sites is 1. The average molecular weight is 674 g/mol. The van der Waals surface area contributed by atoms with Crippen molar-refractivity contribution in [3.8, 4) is 17.2 Å². The standard InChI is InChI=1S/C39H35N3O6S/c1-46-30-21-22-35(48-3)32(25-30)41-39(45)36(26-13-6-4-7-14-26)49-31-19-12-18-29(24-31)40-38(44)33(23-28-17-10-11-20-34(28)47-2)42-37(43)27-15-8-5-9-16-27/h4-25,36H,1-3H3,(H,40,44)(H,41,45)(H,42,43)/b33-23+. The van der Waals surface area contributed by atoms with Crippen molar-refractivity contribution >= 4 is 46.9 Å². The second kappa shape index (κ2) is 16.7. The Kier molecular flexibility index (Phi) is 11.7. The van der Waals surface area contributed by atoms with Crippen molar-refractivity contribution in [3.05, 3.63) is 150 Å². The summed E-state index contributed by atoms with van der Waals surface area (Å²) in [6, 6.07) is 37.6. The van der Waals surface area contributed by atoms with Crippen molar-refractivity contribution in [1.82, 2.24) is 5.32 Å². The van der Waals surface area contributed by atoms with E-state index in [4.69, 9.17) is 14.2 Å². The van der Waals surface area contributed by atoms with Gasteiger partial charge in [-0.3, -0.25) is 14.4 Å². The predicted molar refractivity (Wildman–Crippen MR) is 193 cm³/mol. The van der Waals surface area contributed by atoms with Crippen molar-refractivity contribution < 1.29 is 28.6 Å². The fourth-order valence-corrected chi connectivity index (χ4v) is 5.96. The van der Waals surface area contributed by atoms with Crippen molar-refractivity contribution in [2.45, 2.75) is 10.1 Å². The molecule has 0 saturated carbocycles. The van der Waals surface area contributed by atoms with Crippen LogP contribution in [0.3, 0.4) is 0 Å². The fraction of sp³-hybridized carbons (Fsp3) is 0.103. The summed E-state index contributed by atoms with van der Waals surface area (Å²) < 4.78 is 16.3. The van der Waals surface area contributed by atoms with E-state index < -0.39 is 17.1 Å². The van der Waals surface area contributed by atoms with E-state index >= 15 is 0 Å². The highest BCUT2D eigenvalue weighted by Gasteiger charge is 2.24. The minimum atomic E-state index is -0.658. The van der Waals surface area contributed by atoms with E-state index in [1.807, 2.05) is 54.6 Å². The zero-order valence-corrected chi connectivity index (χ0v) is 28.0. The number of ether oxygens (including phenoxy) is 3. The first kappa shape index (κ1) is 34.3. The molecule has 0 aliphatic rings. The van der Waals surface area contributed by atoms with Gasteiger partial charge in [0.2, 0.25) is 5.91 Å². The monoisotopic (exact) mass is 673 g/mol. The number of anilines is 2. The summed E-state index contributed by atoms with van der Waals surface area (Å²) >= 11 is 1.32. The fourth-order valence-electron chi connectivity index (χ4n) is 4.88. The lowest BCUT2D eigenvalue weighted by molar-refractivity contribution is -0.116. The molecular weight excluding hydrogens is 639 g/mol. The van der Waals surface area contributed by atoms with Crippen LogP contribution in [-0.4, -0.2) is 39.1 Å². The van der Waals surface area contributed by atoms with Crippen LogP contribution in [-0.2, 0) is 9.59 Å². The van der Waals surface area contributed by atoms with Crippen LogP contribution in [0.15, 0.2) is 138 Å². The predicted octanol–water partition coefficient (Wildman–Crippen LogP) is 7.59. The Labute approximate surface area is 289 Å². The molecule has 0 aliphatic heterocycles. The molecule has 0 heterocycles. The molecule has 5 aromatic rings. The van der Waals surface area contributed by atoms with Crippen molar-refractivity contribution in [2.75, 3.05) is 32.0 Å². The Morgan fingerprint density at radius 1 is 0.673 bits per heavy atom. The molecule has 0 radical (unpaired) electrons. The molecule has 3 N–H and O–H groups in total. The van der Waals surface area contributed by atoms with Crippen LogP contribution in [0.25, 0.3) is 6.08 Å². The molecule has 0 spiro atoms. The van der Waals surface area contributed by atoms with Crippen LogP contribution in [0.5, 0.6) is 17.2 Å². The van der Waals surface area contributed by atoms with Gasteiger partial charge in [0.15, 0.2) is 0 Å². The number of rotatable bonds is 13. The largest absolute Gasteiger partial charge is 0.497 e. The normalized spacial score (nSPS) is 11.5. The number of carbonyl (C=O) groups is 3. The van der Waals surface area contributed by atoms with Crippen LogP contribution < -0.4 is 30.2 Å². The molecule has 49 heavy (non-hydrogen) atoms. The van der Waals surface area contributed by atoms with Gasteiger partial charge in [0, 0.05) is 27.8 Å². The maximum absolute atomic E-state index is 13.8. The van der Waals surface area contributed by atoms with E-state index in [1.165, 1.54) is 26.0 Å². The van der Waals surface area contributed by atoms with E-state index in [-0.39, 0.29) is 11.6 Å². The van der Waals surface area contributed by atoms with Gasteiger partial charge in [-0.2, -0.15) is 0 Å². The molecule has 1 unspecified atom stereocenters. The quantitative estimate of drug-likeness (QED) is 0.0872. The number of hydrogen-bond acceptors (Lipinski definition) is 7. The summed E-state index contributed by atoms with van der Waals surface area (Å²) in [7, 11) is 4.62. The number of carbonyl (C=O) groups excluding carboxylic acids is 3. The van der Waals surface area contributed by atoms with Crippen LogP contribution in [0.2, 0.25) is 0 Å². The van der Waals surface area contributed by atoms with E-state index in [0.717, 1.165) is 10.5 Å². The lowest BCUT2D eigenvalue weighted by Gasteiger charge is -2.19. The summed E-state index contributed by atoms with van der Waals surface area (Å²) in [4.78, 5) is 41.4. The molecule has 248 valence electrons. The molecule has 5 aromatic carbocycles. The second-order valence-electron chi connectivity index (χ2n) is 10.6. The lowest BCUT2D eigenvalue weighted by atomic mass is 10.1. The van der Waals surface area contributed by atoms with Gasteiger partial charge in [-0.25, -0.2) is 0 Å². The molecule has 1 atom stereocenters. The highest BCUT2D eigenvalue weighted by molar-refractivity contribution is 8.00. The summed E-state index contributed by atoms with van der Waals surface area (Å²) in [6.07, 6.45) is 1.57. The number of hydrogen-bond donors (Lipinski definition) is 3. The molecule has 3 amide bonds. The minimum Gasteiger partial charge on any atom is -0.497 e. The zero-order valence-electron chi connectivity index (χ0n) is 27.1. The third-order valence-electron chi connectivity index (χ3n) is 7.32. The van der Waals surface area contributed by atoms with E-state index in [2.05, 4.69) is 16.0 Å². The van der Waals surface area contributed by atoms with Gasteiger partial charge in [-0.1, -0.05) is 72.8 Å². The number of thioether (sulfide) groups is 1. The summed E-state index contributed by atoms with van der Waals surface area (Å²) in [5, 5.41) is 7.98. The third-order valence-corrected chi connectivity index (χ3v) is 8.57. The van der Waals surface area contributed by atoms with Crippen molar-refractivity contribution in [2.24, 2.45) is 0 Å². The highest BCUT2D eigenvalue weighted by Crippen LogP contribution is 2.38. The Hall–Kier alpha value is -6.00. The SMILES string of the molecule is COc1ccc(OC)c(NC(=O)C(Sc2cccc(NC(=O)/C(=C\c3ccccc3OC)NC(=O)c3ccccc3)c2)c2ccccc2)c1. The molecule has 0 fully saturated rings. The first-order valence-corrected chi connectivity index (χ1v) is 16.1. The first-order valence-electron chi connectivity index (χ1n) is 15.3. The smallest absolute Gasteiger partial charge is 0.272 e. The van der Waals surface area contributed by atoms with Crippen molar-refractivity contribution in [1.29, 1.82) is 0 Å². The topological polar surface area (TPSA) is 115 Å². The van der Waals surface area contributed by atoms with Gasteiger partial charge >= 0.3 is 0 Å². The van der Waals surface area contributed by atoms with Crippen LogP contribution in [0, 0.1) is 0 Å². The molecule has 10 heteroatoms. The molecule has 0 saturated heterocycles. The highest BCUT2D eigenvalue weighted by atomic mass is 32.2. The molecule has 0 bridgehead atoms. The van der Waals surface area contributed by atoms with Gasteiger partial charge in [-0.15, -0.1) is 11.8 Å². The zero-order chi connectivity index (χ0) is 34.6. The Balaban J connectivity index is 1.40. The summed E-state index contributed by atoms with van der Waals surface area (Å²) in [5.74, 6) is 0.347. The maximum atomic E-state index is 13.8.